The van der Waals surface area contributed by atoms with Gasteiger partial charge in [0.1, 0.15) is 58.9 Å². The topological polar surface area (TPSA) is 366 Å². The molecule has 0 bridgehead atoms. The molecule has 472 valence electrons. The Bertz CT molecular complexity index is 2320. The quantitative estimate of drug-likeness (QED) is 0.0442. The van der Waals surface area contributed by atoms with Gasteiger partial charge >= 0.3 is 0 Å². The van der Waals surface area contributed by atoms with Crippen LogP contribution in [0.4, 0.5) is 0 Å². The minimum atomic E-state index is -1.65. The third-order valence-electron chi connectivity index (χ3n) is 15.0. The van der Waals surface area contributed by atoms with Crippen LogP contribution >= 0.6 is 0 Å². The van der Waals surface area contributed by atoms with Crippen molar-refractivity contribution in [2.45, 2.75) is 247 Å². The summed E-state index contributed by atoms with van der Waals surface area (Å²) in [4.78, 5) is 167. The van der Waals surface area contributed by atoms with Crippen LogP contribution in [0, 0.1) is 29.6 Å². The molecule has 25 nitrogen and oxygen atoms in total. The van der Waals surface area contributed by atoms with E-state index in [1.165, 1.54) is 58.3 Å². The van der Waals surface area contributed by atoms with Crippen LogP contribution in [0.3, 0.4) is 0 Å². The standard InChI is InChI=1S/C58H102N12O13/c1-18-35(10)45(65-46(74)38(23-24-43(59)73)63-53(81)56(12,13)66-36(11)72)51(79)64-44(34(8)9)52(80)68-58(16,17)55(83)70-26-20-22-42(70)50(78)62-39(28-32(4)5)47(75)61-40(29-33(6)7)48(76)67-57(14,15)54(82)69-25-19-21-41(69)49(77)60-37(30-71)27-31(2)3/h31-35,37-42,44-45,71H,18-30H2,1-17H3,(H2,59,73)(H,60,77)(H,61,75)(H,62,78)(H,63,81)(H,64,79)(H,65,74)(H,66,72)(H,67,76)(H,68,80)/t35-,37-,38-,39-,40-,41-,42-,44-,45-/m0/s1. The van der Waals surface area contributed by atoms with E-state index in [2.05, 4.69) is 47.9 Å². The normalized spacial score (nSPS) is 18.2. The zero-order chi connectivity index (χ0) is 63.6. The zero-order valence-electron chi connectivity index (χ0n) is 52.5. The molecule has 12 N–H and O–H groups in total. The largest absolute Gasteiger partial charge is 0.394 e. The molecule has 2 fully saturated rings. The lowest BCUT2D eigenvalue weighted by Gasteiger charge is -2.36. The number of nitrogens with one attached hydrogen (secondary N) is 9. The van der Waals surface area contributed by atoms with Gasteiger partial charge in [0.2, 0.25) is 70.9 Å². The number of likely N-dealkylation sites (tertiary alicyclic amines) is 2. The second-order valence-electron chi connectivity index (χ2n) is 25.9. The molecular weight excluding hydrogens is 1070 g/mol. The van der Waals surface area contributed by atoms with Crippen LogP contribution in [0.25, 0.3) is 0 Å². The van der Waals surface area contributed by atoms with Crippen molar-refractivity contribution >= 4 is 70.9 Å². The molecular formula is C58H102N12O13. The fourth-order valence-electron chi connectivity index (χ4n) is 10.3. The number of carbonyl (C=O) groups is 12. The monoisotopic (exact) mass is 1170 g/mol. The summed E-state index contributed by atoms with van der Waals surface area (Å²) in [6.45, 7) is 28.4. The Morgan fingerprint density at radius 3 is 1.41 bits per heavy atom. The zero-order valence-corrected chi connectivity index (χ0v) is 52.5. The predicted molar refractivity (Wildman–Crippen MR) is 312 cm³/mol. The van der Waals surface area contributed by atoms with Crippen LogP contribution in [0.2, 0.25) is 0 Å². The molecule has 0 spiro atoms. The van der Waals surface area contributed by atoms with Crippen molar-refractivity contribution in [3.63, 3.8) is 0 Å². The molecule has 9 atom stereocenters. The van der Waals surface area contributed by atoms with E-state index >= 15 is 0 Å². The molecule has 83 heavy (non-hydrogen) atoms. The molecule has 0 aromatic rings. The Morgan fingerprint density at radius 2 is 0.976 bits per heavy atom. The molecule has 0 saturated carbocycles. The van der Waals surface area contributed by atoms with E-state index in [4.69, 9.17) is 5.73 Å². The fraction of sp³-hybridized carbons (Fsp3) is 0.793. The molecule has 2 aliphatic heterocycles. The number of aliphatic hydroxyl groups is 1. The van der Waals surface area contributed by atoms with Crippen molar-refractivity contribution in [3.05, 3.63) is 0 Å². The van der Waals surface area contributed by atoms with Crippen LogP contribution in [-0.2, 0) is 57.5 Å². The highest BCUT2D eigenvalue weighted by molar-refractivity contribution is 6.01. The third kappa shape index (κ3) is 22.3. The first kappa shape index (κ1) is 72.7. The fourth-order valence-corrected chi connectivity index (χ4v) is 10.3. The number of nitrogens with two attached hydrogens (primary N) is 1. The predicted octanol–water partition coefficient (Wildman–Crippen LogP) is 0.680. The first-order valence-corrected chi connectivity index (χ1v) is 29.6. The summed E-state index contributed by atoms with van der Waals surface area (Å²) < 4.78 is 0. The number of carbonyl (C=O) groups excluding carboxylic acids is 12. The molecule has 2 saturated heterocycles. The molecule has 0 aromatic heterocycles. The molecule has 25 heteroatoms. The van der Waals surface area contributed by atoms with Crippen LogP contribution in [0.1, 0.15) is 182 Å². The van der Waals surface area contributed by atoms with Crippen LogP contribution in [0.5, 0.6) is 0 Å². The first-order chi connectivity index (χ1) is 38.3. The summed E-state index contributed by atoms with van der Waals surface area (Å²) in [6, 6.07) is -8.50. The number of nitrogens with zero attached hydrogens (tertiary/aromatic N) is 2. The minimum Gasteiger partial charge on any atom is -0.394 e. The van der Waals surface area contributed by atoms with Gasteiger partial charge in [-0.25, -0.2) is 0 Å². The number of rotatable bonds is 32. The van der Waals surface area contributed by atoms with Gasteiger partial charge in [0.15, 0.2) is 0 Å². The maximum absolute atomic E-state index is 14.5. The van der Waals surface area contributed by atoms with E-state index in [0.717, 1.165) is 0 Å². The molecule has 0 unspecified atom stereocenters. The van der Waals surface area contributed by atoms with E-state index in [1.54, 1.807) is 27.7 Å². The van der Waals surface area contributed by atoms with Crippen molar-refractivity contribution in [1.82, 2.24) is 57.7 Å². The second kappa shape index (κ2) is 32.0. The van der Waals surface area contributed by atoms with Crippen molar-refractivity contribution in [2.24, 2.45) is 35.3 Å². The molecule has 12 amide bonds. The average Bonchev–Trinajstić information content (AvgIpc) is 4.34. The van der Waals surface area contributed by atoms with Crippen molar-refractivity contribution in [1.29, 1.82) is 0 Å². The van der Waals surface area contributed by atoms with Crippen molar-refractivity contribution in [2.75, 3.05) is 19.7 Å². The summed E-state index contributed by atoms with van der Waals surface area (Å²) in [5, 5.41) is 34.4. The van der Waals surface area contributed by atoms with E-state index in [9.17, 15) is 62.6 Å². The Kier molecular flexibility index (Phi) is 28.1. The van der Waals surface area contributed by atoms with Gasteiger partial charge in [0.05, 0.1) is 12.6 Å². The lowest BCUT2D eigenvalue weighted by atomic mass is 9.95. The smallest absolute Gasteiger partial charge is 0.248 e. The van der Waals surface area contributed by atoms with E-state index < -0.39 is 142 Å². The molecule has 0 radical (unpaired) electrons. The van der Waals surface area contributed by atoms with E-state index in [-0.39, 0.29) is 75.5 Å². The summed E-state index contributed by atoms with van der Waals surface area (Å²) in [5.74, 6) is -8.86. The Balaban J connectivity index is 2.30. The number of primary amides is 1. The highest BCUT2D eigenvalue weighted by Gasteiger charge is 2.46. The van der Waals surface area contributed by atoms with Gasteiger partial charge in [-0.05, 0) is 122 Å². The summed E-state index contributed by atoms with van der Waals surface area (Å²) >= 11 is 0. The van der Waals surface area contributed by atoms with Crippen molar-refractivity contribution in [3.8, 4) is 0 Å². The molecule has 0 aromatic carbocycles. The van der Waals surface area contributed by atoms with Gasteiger partial charge in [-0.3, -0.25) is 57.5 Å². The molecule has 0 aliphatic carbocycles. The lowest BCUT2D eigenvalue weighted by molar-refractivity contribution is -0.146. The van der Waals surface area contributed by atoms with Crippen LogP contribution in [0.15, 0.2) is 0 Å². The van der Waals surface area contributed by atoms with Gasteiger partial charge in [0.25, 0.3) is 0 Å². The number of amides is 12. The Labute approximate surface area is 491 Å². The first-order valence-electron chi connectivity index (χ1n) is 29.6. The number of hydrogen-bond donors (Lipinski definition) is 11. The van der Waals surface area contributed by atoms with Crippen LogP contribution < -0.4 is 53.6 Å². The van der Waals surface area contributed by atoms with Gasteiger partial charge in [-0.1, -0.05) is 75.7 Å². The maximum atomic E-state index is 14.5. The summed E-state index contributed by atoms with van der Waals surface area (Å²) in [5.41, 5.74) is 0.753. The van der Waals surface area contributed by atoms with Crippen molar-refractivity contribution < 1.29 is 62.6 Å². The average molecular weight is 1180 g/mol. The lowest BCUT2D eigenvalue weighted by Crippen LogP contribution is -2.64. The SMILES string of the molecule is CC[C@H](C)[C@H](NC(=O)[C@H](CCC(N)=O)NC(=O)C(C)(C)NC(C)=O)C(=O)N[C@H](C(=O)NC(C)(C)C(=O)N1CCC[C@H]1C(=O)N[C@@H](CC(C)C)C(=O)N[C@@H](CC(C)C)C(=O)NC(C)(C)C(=O)N1CCC[C@H]1C(=O)N[C@H](CO)CC(C)C)C(C)C. The summed E-state index contributed by atoms with van der Waals surface area (Å²) in [7, 11) is 0. The minimum absolute atomic E-state index is 0.109. The van der Waals surface area contributed by atoms with E-state index in [0.29, 0.717) is 32.1 Å². The highest BCUT2D eigenvalue weighted by Crippen LogP contribution is 2.25. The number of aliphatic hydroxyl groups excluding tert-OH is 1. The summed E-state index contributed by atoms with van der Waals surface area (Å²) in [6.07, 6.45) is 2.34. The Hall–Kier alpha value is -6.40. The van der Waals surface area contributed by atoms with E-state index in [1.807, 2.05) is 41.5 Å². The van der Waals surface area contributed by atoms with Gasteiger partial charge in [-0.15, -0.1) is 0 Å². The maximum Gasteiger partial charge on any atom is 0.248 e. The highest BCUT2D eigenvalue weighted by atomic mass is 16.3. The van der Waals surface area contributed by atoms with Gasteiger partial charge in [-0.2, -0.15) is 0 Å². The second-order valence-corrected chi connectivity index (χ2v) is 25.9. The molecule has 2 heterocycles. The Morgan fingerprint density at radius 1 is 0.530 bits per heavy atom. The number of hydrogen-bond acceptors (Lipinski definition) is 13. The molecule has 2 rings (SSSR count). The van der Waals surface area contributed by atoms with Gasteiger partial charge in [0, 0.05) is 26.4 Å². The third-order valence-corrected chi connectivity index (χ3v) is 15.0. The molecule has 2 aliphatic rings. The van der Waals surface area contributed by atoms with Crippen LogP contribution in [-0.4, -0.2) is 170 Å². The van der Waals surface area contributed by atoms with Gasteiger partial charge < -0.3 is 68.5 Å².